The van der Waals surface area contributed by atoms with Crippen molar-refractivity contribution in [3.05, 3.63) is 35.9 Å². The van der Waals surface area contributed by atoms with E-state index in [4.69, 9.17) is 4.74 Å². The van der Waals surface area contributed by atoms with Gasteiger partial charge < -0.3 is 9.64 Å². The van der Waals surface area contributed by atoms with Crippen molar-refractivity contribution in [2.45, 2.75) is 44.9 Å². The highest BCUT2D eigenvalue weighted by Gasteiger charge is 2.79. The molecule has 25 heavy (non-hydrogen) atoms. The second kappa shape index (κ2) is 5.98. The highest BCUT2D eigenvalue weighted by atomic mass is 19.4. The average Bonchev–Trinajstić information content (AvgIpc) is 2.91. The number of nitrogens with zero attached hydrogens (tertiary/aromatic N) is 1. The topological polar surface area (TPSA) is 12.5 Å². The van der Waals surface area contributed by atoms with Gasteiger partial charge in [-0.15, -0.1) is 0 Å². The summed E-state index contributed by atoms with van der Waals surface area (Å²) in [5, 5.41) is 0. The Bertz CT molecular complexity index is 617. The van der Waals surface area contributed by atoms with Crippen LogP contribution in [0.15, 0.2) is 30.3 Å². The van der Waals surface area contributed by atoms with Crippen LogP contribution in [0, 0.1) is 16.7 Å². The molecule has 0 aliphatic heterocycles. The van der Waals surface area contributed by atoms with Crippen molar-refractivity contribution in [1.82, 2.24) is 4.90 Å². The van der Waals surface area contributed by atoms with E-state index >= 15 is 0 Å². The summed E-state index contributed by atoms with van der Waals surface area (Å²) in [6.07, 6.45) is -2.62. The van der Waals surface area contributed by atoms with Gasteiger partial charge in [-0.1, -0.05) is 44.2 Å². The molecule has 0 amide bonds. The van der Waals surface area contributed by atoms with Gasteiger partial charge in [-0.3, -0.25) is 0 Å². The monoisotopic (exact) mass is 355 g/mol. The van der Waals surface area contributed by atoms with Crippen LogP contribution in [0.4, 0.5) is 13.2 Å². The van der Waals surface area contributed by atoms with E-state index in [-0.39, 0.29) is 0 Å². The molecule has 4 atom stereocenters. The molecule has 3 rings (SSSR count). The lowest BCUT2D eigenvalue weighted by Gasteiger charge is -2.50. The Morgan fingerprint density at radius 2 is 1.80 bits per heavy atom. The third kappa shape index (κ3) is 2.46. The highest BCUT2D eigenvalue weighted by molar-refractivity contribution is 5.34. The summed E-state index contributed by atoms with van der Waals surface area (Å²) in [5.41, 5.74) is -2.67. The number of rotatable bonds is 5. The van der Waals surface area contributed by atoms with Crippen LogP contribution in [-0.2, 0) is 10.3 Å². The van der Waals surface area contributed by atoms with Crippen LogP contribution in [0.1, 0.15) is 38.7 Å². The number of ether oxygens (including phenoxy) is 1. The molecule has 2 saturated carbocycles. The van der Waals surface area contributed by atoms with Gasteiger partial charge >= 0.3 is 6.18 Å². The molecule has 0 heterocycles. The first-order valence-corrected chi connectivity index (χ1v) is 8.99. The first kappa shape index (κ1) is 18.7. The molecule has 1 aromatic carbocycles. The number of hydrogen-bond acceptors (Lipinski definition) is 2. The van der Waals surface area contributed by atoms with Gasteiger partial charge in [0.2, 0.25) is 0 Å². The maximum absolute atomic E-state index is 14.2. The van der Waals surface area contributed by atoms with Gasteiger partial charge in [-0.2, -0.15) is 13.2 Å². The Morgan fingerprint density at radius 3 is 2.32 bits per heavy atom. The SMILES string of the molecule is CN(C)CCOC1(c2ccccc2)CC2CCC1(C)C2(C)C(F)(F)F. The maximum atomic E-state index is 14.2. The Kier molecular flexibility index (Phi) is 4.48. The summed E-state index contributed by atoms with van der Waals surface area (Å²) in [6, 6.07) is 9.55. The molecule has 140 valence electrons. The lowest BCUT2D eigenvalue weighted by molar-refractivity contribution is -0.270. The Morgan fingerprint density at radius 1 is 1.16 bits per heavy atom. The molecule has 0 spiro atoms. The molecule has 2 aliphatic carbocycles. The quantitative estimate of drug-likeness (QED) is 0.749. The van der Waals surface area contributed by atoms with Crippen molar-refractivity contribution in [1.29, 1.82) is 0 Å². The van der Waals surface area contributed by atoms with Gasteiger partial charge in [0.25, 0.3) is 0 Å². The van der Waals surface area contributed by atoms with E-state index in [9.17, 15) is 13.2 Å². The third-order valence-electron chi connectivity index (χ3n) is 7.10. The minimum absolute atomic E-state index is 0.392. The molecule has 0 saturated heterocycles. The van der Waals surface area contributed by atoms with Crippen molar-refractivity contribution >= 4 is 0 Å². The van der Waals surface area contributed by atoms with Crippen LogP contribution < -0.4 is 0 Å². The number of hydrogen-bond donors (Lipinski definition) is 0. The highest BCUT2D eigenvalue weighted by Crippen LogP contribution is 2.77. The summed E-state index contributed by atoms with van der Waals surface area (Å²) >= 11 is 0. The van der Waals surface area contributed by atoms with Gasteiger partial charge in [0.05, 0.1) is 17.6 Å². The molecule has 4 unspecified atom stereocenters. The molecule has 5 heteroatoms. The Hall–Kier alpha value is -1.07. The van der Waals surface area contributed by atoms with E-state index < -0.39 is 28.5 Å². The summed E-state index contributed by atoms with van der Waals surface area (Å²) < 4.78 is 48.9. The molecule has 1 aromatic rings. The van der Waals surface area contributed by atoms with Crippen molar-refractivity contribution in [3.8, 4) is 0 Å². The van der Waals surface area contributed by atoms with Crippen LogP contribution in [-0.4, -0.2) is 38.3 Å². The van der Waals surface area contributed by atoms with Gasteiger partial charge in [0, 0.05) is 12.0 Å². The first-order valence-electron chi connectivity index (χ1n) is 8.99. The van der Waals surface area contributed by atoms with E-state index in [2.05, 4.69) is 0 Å². The number of benzene rings is 1. The lowest BCUT2D eigenvalue weighted by atomic mass is 9.61. The molecule has 2 fully saturated rings. The van der Waals surface area contributed by atoms with Crippen LogP contribution in [0.2, 0.25) is 0 Å². The number of likely N-dealkylation sites (N-methyl/N-ethyl adjacent to an activating group) is 1. The number of halogens is 3. The van der Waals surface area contributed by atoms with Crippen molar-refractivity contribution < 1.29 is 17.9 Å². The standard InChI is InChI=1S/C20H28F3NO/c1-17-11-10-16(18(17,2)20(21,22)23)14-19(17,25-13-12-24(3)4)15-8-6-5-7-9-15/h5-9,16H,10-14H2,1-4H3. The fourth-order valence-corrected chi connectivity index (χ4v) is 5.35. The molecule has 0 aromatic heterocycles. The van der Waals surface area contributed by atoms with E-state index in [0.29, 0.717) is 32.4 Å². The van der Waals surface area contributed by atoms with Crippen LogP contribution in [0.25, 0.3) is 0 Å². The predicted molar refractivity (Wildman–Crippen MR) is 92.2 cm³/mol. The number of fused-ring (bicyclic) bond motifs is 2. The summed E-state index contributed by atoms with van der Waals surface area (Å²) in [6.45, 7) is 4.34. The molecule has 2 aliphatic rings. The molecule has 0 radical (unpaired) electrons. The van der Waals surface area contributed by atoms with Gasteiger partial charge in [-0.05, 0) is 44.8 Å². The van der Waals surface area contributed by atoms with Gasteiger partial charge in [-0.25, -0.2) is 0 Å². The molecule has 0 N–H and O–H groups in total. The van der Waals surface area contributed by atoms with E-state index in [1.165, 1.54) is 6.92 Å². The van der Waals surface area contributed by atoms with Crippen molar-refractivity contribution in [2.75, 3.05) is 27.2 Å². The largest absolute Gasteiger partial charge is 0.395 e. The second-order valence-corrected chi connectivity index (χ2v) is 8.32. The van der Waals surface area contributed by atoms with Crippen LogP contribution in [0.5, 0.6) is 0 Å². The fourth-order valence-electron chi connectivity index (χ4n) is 5.35. The maximum Gasteiger partial charge on any atom is 0.395 e. The van der Waals surface area contributed by atoms with E-state index in [0.717, 1.165) is 5.56 Å². The zero-order valence-corrected chi connectivity index (χ0v) is 15.5. The molecular weight excluding hydrogens is 327 g/mol. The zero-order valence-electron chi connectivity index (χ0n) is 15.5. The van der Waals surface area contributed by atoms with E-state index in [1.54, 1.807) is 6.92 Å². The van der Waals surface area contributed by atoms with Gasteiger partial charge in [0.1, 0.15) is 0 Å². The normalized spacial score (nSPS) is 37.8. The lowest BCUT2D eigenvalue weighted by Crippen LogP contribution is -2.53. The number of alkyl halides is 3. The first-order chi connectivity index (χ1) is 11.6. The summed E-state index contributed by atoms with van der Waals surface area (Å²) in [4.78, 5) is 2.00. The minimum atomic E-state index is -4.23. The van der Waals surface area contributed by atoms with Crippen LogP contribution in [0.3, 0.4) is 0 Å². The molecular formula is C20H28F3NO. The Labute approximate surface area is 148 Å². The van der Waals surface area contributed by atoms with E-state index in [1.807, 2.05) is 49.3 Å². The average molecular weight is 355 g/mol. The van der Waals surface area contributed by atoms with Gasteiger partial charge in [0.15, 0.2) is 0 Å². The Balaban J connectivity index is 2.08. The smallest absolute Gasteiger partial charge is 0.368 e. The third-order valence-corrected chi connectivity index (χ3v) is 7.10. The molecule has 2 bridgehead atoms. The summed E-state index contributed by atoms with van der Waals surface area (Å²) in [7, 11) is 3.89. The minimum Gasteiger partial charge on any atom is -0.368 e. The van der Waals surface area contributed by atoms with Crippen molar-refractivity contribution in [3.63, 3.8) is 0 Å². The second-order valence-electron chi connectivity index (χ2n) is 8.32. The van der Waals surface area contributed by atoms with Crippen molar-refractivity contribution in [2.24, 2.45) is 16.7 Å². The molecule has 2 nitrogen and oxygen atoms in total. The predicted octanol–water partition coefficient (Wildman–Crippen LogP) is 4.85. The fraction of sp³-hybridized carbons (Fsp3) is 0.700. The van der Waals surface area contributed by atoms with Crippen LogP contribution >= 0.6 is 0 Å². The zero-order chi connectivity index (χ0) is 18.5. The summed E-state index contributed by atoms with van der Waals surface area (Å²) in [5.74, 6) is -0.392.